The molecular weight excluding hydrogens is 400 g/mol. The van der Waals surface area contributed by atoms with E-state index in [9.17, 15) is 0 Å². The van der Waals surface area contributed by atoms with Crippen molar-refractivity contribution < 1.29 is 0 Å². The van der Waals surface area contributed by atoms with Gasteiger partial charge >= 0.3 is 0 Å². The van der Waals surface area contributed by atoms with Crippen molar-refractivity contribution in [2.75, 3.05) is 6.54 Å². The van der Waals surface area contributed by atoms with Gasteiger partial charge in [-0.3, -0.25) is 0 Å². The summed E-state index contributed by atoms with van der Waals surface area (Å²) in [5.41, 5.74) is 1.18. The number of hydrogen-bond acceptors (Lipinski definition) is 2. The van der Waals surface area contributed by atoms with Crippen LogP contribution in [0.15, 0.2) is 29.6 Å². The molecule has 0 amide bonds. The predicted molar refractivity (Wildman–Crippen MR) is 89.0 cm³/mol. The molecule has 0 aliphatic heterocycles. The smallest absolute Gasteiger partial charge is 0.0696 e. The molecule has 2 aromatic rings. The summed E-state index contributed by atoms with van der Waals surface area (Å²) in [6.07, 6.45) is 0. The van der Waals surface area contributed by atoms with Gasteiger partial charge in [0.15, 0.2) is 0 Å². The predicted octanol–water partition coefficient (Wildman–Crippen LogP) is 5.36. The van der Waals surface area contributed by atoms with Gasteiger partial charge in [-0.1, -0.05) is 30.1 Å². The van der Waals surface area contributed by atoms with E-state index in [0.29, 0.717) is 0 Å². The van der Waals surface area contributed by atoms with Crippen LogP contribution < -0.4 is 5.32 Å². The molecule has 1 nitrogen and oxygen atoms in total. The Morgan fingerprint density at radius 3 is 2.72 bits per heavy atom. The van der Waals surface area contributed by atoms with Crippen LogP contribution in [0, 0.1) is 3.57 Å². The Morgan fingerprint density at radius 1 is 1.33 bits per heavy atom. The zero-order valence-electron chi connectivity index (χ0n) is 9.71. The van der Waals surface area contributed by atoms with Crippen molar-refractivity contribution in [3.63, 3.8) is 0 Å². The van der Waals surface area contributed by atoms with Gasteiger partial charge in [-0.25, -0.2) is 0 Å². The van der Waals surface area contributed by atoms with E-state index in [-0.39, 0.29) is 6.04 Å². The summed E-state index contributed by atoms with van der Waals surface area (Å²) in [4.78, 5) is 1.14. The molecule has 1 N–H and O–H groups in total. The topological polar surface area (TPSA) is 12.0 Å². The molecule has 0 aliphatic carbocycles. The fourth-order valence-corrected chi connectivity index (χ4v) is 3.88. The summed E-state index contributed by atoms with van der Waals surface area (Å²) in [6.45, 7) is 2.97. The number of thiophene rings is 1. The first kappa shape index (κ1) is 14.6. The number of halogens is 3. The lowest BCUT2D eigenvalue weighted by Crippen LogP contribution is -2.22. The first-order chi connectivity index (χ1) is 8.63. The van der Waals surface area contributed by atoms with E-state index in [1.54, 1.807) is 11.3 Å². The van der Waals surface area contributed by atoms with Crippen molar-refractivity contribution in [3.8, 4) is 0 Å². The lowest BCUT2D eigenvalue weighted by molar-refractivity contribution is 0.637. The van der Waals surface area contributed by atoms with Gasteiger partial charge in [-0.2, -0.15) is 0 Å². The molecule has 0 saturated heterocycles. The average molecular weight is 412 g/mol. The van der Waals surface area contributed by atoms with E-state index < -0.39 is 0 Å². The van der Waals surface area contributed by atoms with Crippen molar-refractivity contribution in [3.05, 3.63) is 53.7 Å². The second-order valence-electron chi connectivity index (χ2n) is 3.79. The third-order valence-electron chi connectivity index (χ3n) is 2.58. The van der Waals surface area contributed by atoms with Crippen LogP contribution in [-0.2, 0) is 0 Å². The fraction of sp³-hybridized carbons (Fsp3) is 0.231. The van der Waals surface area contributed by atoms with Crippen LogP contribution in [-0.4, -0.2) is 6.54 Å². The van der Waals surface area contributed by atoms with E-state index in [1.807, 2.05) is 29.6 Å². The average Bonchev–Trinajstić information content (AvgIpc) is 2.76. The van der Waals surface area contributed by atoms with Gasteiger partial charge in [0.1, 0.15) is 0 Å². The number of benzene rings is 1. The summed E-state index contributed by atoms with van der Waals surface area (Å²) in [6, 6.07) is 7.99. The van der Waals surface area contributed by atoms with Gasteiger partial charge in [-0.15, -0.1) is 11.3 Å². The van der Waals surface area contributed by atoms with E-state index in [0.717, 1.165) is 21.5 Å². The van der Waals surface area contributed by atoms with Gasteiger partial charge in [0, 0.05) is 13.5 Å². The molecule has 0 radical (unpaired) electrons. The maximum Gasteiger partial charge on any atom is 0.0696 e. The van der Waals surface area contributed by atoms with Gasteiger partial charge in [0.2, 0.25) is 0 Å². The van der Waals surface area contributed by atoms with Gasteiger partial charge in [0.05, 0.1) is 11.1 Å². The largest absolute Gasteiger partial charge is 0.306 e. The zero-order valence-corrected chi connectivity index (χ0v) is 14.2. The van der Waals surface area contributed by atoms with E-state index in [4.69, 9.17) is 23.2 Å². The molecule has 0 fully saturated rings. The summed E-state index contributed by atoms with van der Waals surface area (Å²) >= 11 is 16.3. The molecule has 2 rings (SSSR count). The van der Waals surface area contributed by atoms with Crippen LogP contribution in [0.2, 0.25) is 10.0 Å². The maximum absolute atomic E-state index is 6.25. The summed E-state index contributed by atoms with van der Waals surface area (Å²) in [7, 11) is 0. The van der Waals surface area contributed by atoms with Crippen LogP contribution in [0.5, 0.6) is 0 Å². The Balaban J connectivity index is 2.48. The Kier molecular flexibility index (Phi) is 5.33. The van der Waals surface area contributed by atoms with Gasteiger partial charge in [-0.05, 0) is 64.3 Å². The molecule has 18 heavy (non-hydrogen) atoms. The highest BCUT2D eigenvalue weighted by Gasteiger charge is 2.19. The van der Waals surface area contributed by atoms with Crippen molar-refractivity contribution in [1.29, 1.82) is 0 Å². The standard InChI is InChI=1S/C13H12Cl2INS/c1-2-17-12(13-10(15)5-6-18-13)9-7-8(14)3-4-11(9)16/h3-7,12,17H,2H2,1H3. The molecule has 0 aliphatic rings. The van der Waals surface area contributed by atoms with Gasteiger partial charge in [0.25, 0.3) is 0 Å². The summed E-state index contributed by atoms with van der Waals surface area (Å²) in [5, 5.41) is 7.04. The third-order valence-corrected chi connectivity index (χ3v) is 5.23. The number of hydrogen-bond donors (Lipinski definition) is 1. The third kappa shape index (κ3) is 3.20. The minimum atomic E-state index is 0.105. The lowest BCUT2D eigenvalue weighted by atomic mass is 10.1. The van der Waals surface area contributed by atoms with Crippen LogP contribution >= 0.6 is 57.1 Å². The molecule has 96 valence electrons. The second-order valence-corrected chi connectivity index (χ2v) is 6.74. The Bertz CT molecular complexity index is 542. The molecule has 1 aromatic heterocycles. The summed E-state index contributed by atoms with van der Waals surface area (Å²) in [5.74, 6) is 0. The first-order valence-electron chi connectivity index (χ1n) is 5.54. The van der Waals surface area contributed by atoms with Crippen LogP contribution in [0.1, 0.15) is 23.4 Å². The first-order valence-corrected chi connectivity index (χ1v) is 8.26. The van der Waals surface area contributed by atoms with Crippen LogP contribution in [0.25, 0.3) is 0 Å². The molecular formula is C13H12Cl2INS. The molecule has 1 unspecified atom stereocenters. The highest BCUT2D eigenvalue weighted by atomic mass is 127. The monoisotopic (exact) mass is 411 g/mol. The number of rotatable bonds is 4. The maximum atomic E-state index is 6.25. The van der Waals surface area contributed by atoms with E-state index in [2.05, 4.69) is 34.8 Å². The van der Waals surface area contributed by atoms with Crippen molar-refractivity contribution in [1.82, 2.24) is 5.32 Å². The highest BCUT2D eigenvalue weighted by molar-refractivity contribution is 14.1. The van der Waals surface area contributed by atoms with Crippen LogP contribution in [0.4, 0.5) is 0 Å². The molecule has 0 spiro atoms. The molecule has 5 heteroatoms. The van der Waals surface area contributed by atoms with Crippen molar-refractivity contribution in [2.24, 2.45) is 0 Å². The minimum Gasteiger partial charge on any atom is -0.306 e. The van der Waals surface area contributed by atoms with Gasteiger partial charge < -0.3 is 5.32 Å². The summed E-state index contributed by atoms with van der Waals surface area (Å²) < 4.78 is 1.19. The molecule has 1 heterocycles. The zero-order chi connectivity index (χ0) is 13.1. The Labute approximate surface area is 135 Å². The molecule has 1 atom stereocenters. The highest BCUT2D eigenvalue weighted by Crippen LogP contribution is 2.35. The fourth-order valence-electron chi connectivity index (χ4n) is 1.80. The Morgan fingerprint density at radius 2 is 2.11 bits per heavy atom. The molecule has 0 saturated carbocycles. The minimum absolute atomic E-state index is 0.105. The molecule has 0 bridgehead atoms. The lowest BCUT2D eigenvalue weighted by Gasteiger charge is -2.19. The molecule has 1 aromatic carbocycles. The van der Waals surface area contributed by atoms with Crippen molar-refractivity contribution in [2.45, 2.75) is 13.0 Å². The Hall–Kier alpha value is 0.190. The number of nitrogens with one attached hydrogen (secondary N) is 1. The normalized spacial score (nSPS) is 12.7. The van der Waals surface area contributed by atoms with E-state index >= 15 is 0 Å². The van der Waals surface area contributed by atoms with E-state index in [1.165, 1.54) is 9.13 Å². The second kappa shape index (κ2) is 6.57. The SMILES string of the molecule is CCNC(c1cc(Cl)ccc1I)c1sccc1Cl. The van der Waals surface area contributed by atoms with Crippen molar-refractivity contribution >= 4 is 57.1 Å². The van der Waals surface area contributed by atoms with Crippen LogP contribution in [0.3, 0.4) is 0 Å². The quantitative estimate of drug-likeness (QED) is 0.668.